The Hall–Kier alpha value is -3.31. The first-order chi connectivity index (χ1) is 14.3. The van der Waals surface area contributed by atoms with E-state index in [1.54, 1.807) is 11.8 Å². The number of carbonyl (C=O) groups excluding carboxylic acids is 1. The Morgan fingerprint density at radius 3 is 2.62 bits per heavy atom. The van der Waals surface area contributed by atoms with E-state index < -0.39 is 5.97 Å². The first-order valence-corrected chi connectivity index (χ1v) is 10.3. The molecule has 2 aliphatic heterocycles. The van der Waals surface area contributed by atoms with Gasteiger partial charge in [-0.2, -0.15) is 0 Å². The van der Waals surface area contributed by atoms with Gasteiger partial charge in [-0.05, 0) is 35.9 Å². The average Bonchev–Trinajstić information content (AvgIpc) is 3.32. The van der Waals surface area contributed by atoms with Crippen LogP contribution in [0.25, 0.3) is 10.8 Å². The SMILES string of the molecule is CCN1/C(=C/C=C2\C(=O)ON=C2c2ccccc2)Sc2c1ccc1ccccc21. The van der Waals surface area contributed by atoms with Crippen molar-refractivity contribution in [3.63, 3.8) is 0 Å². The first kappa shape index (κ1) is 17.8. The highest BCUT2D eigenvalue weighted by Crippen LogP contribution is 2.49. The fourth-order valence-electron chi connectivity index (χ4n) is 3.67. The number of thioether (sulfide) groups is 1. The maximum atomic E-state index is 12.3. The van der Waals surface area contributed by atoms with Crippen LogP contribution in [0, 0.1) is 0 Å². The van der Waals surface area contributed by atoms with Gasteiger partial charge in [0, 0.05) is 17.0 Å². The molecule has 0 unspecified atom stereocenters. The summed E-state index contributed by atoms with van der Waals surface area (Å²) < 4.78 is 0. The number of anilines is 1. The smallest absolute Gasteiger partial charge is 0.335 e. The lowest BCUT2D eigenvalue weighted by Gasteiger charge is -2.17. The molecule has 29 heavy (non-hydrogen) atoms. The molecular formula is C24H18N2O2S. The van der Waals surface area contributed by atoms with Gasteiger partial charge in [0.05, 0.1) is 16.3 Å². The normalized spacial score (nSPS) is 18.4. The van der Waals surface area contributed by atoms with Crippen molar-refractivity contribution < 1.29 is 9.63 Å². The molecule has 0 saturated carbocycles. The summed E-state index contributed by atoms with van der Waals surface area (Å²) in [5.74, 6) is -0.422. The number of fused-ring (bicyclic) bond motifs is 3. The maximum absolute atomic E-state index is 12.3. The molecule has 3 aromatic carbocycles. The summed E-state index contributed by atoms with van der Waals surface area (Å²) in [5.41, 5.74) is 3.11. The molecule has 4 nitrogen and oxygen atoms in total. The number of hydrogen-bond donors (Lipinski definition) is 0. The zero-order chi connectivity index (χ0) is 19.8. The Labute approximate surface area is 173 Å². The van der Waals surface area contributed by atoms with Crippen LogP contribution in [0.15, 0.2) is 99.5 Å². The van der Waals surface area contributed by atoms with Gasteiger partial charge in [-0.25, -0.2) is 4.79 Å². The fraction of sp³-hybridized carbons (Fsp3) is 0.0833. The highest BCUT2D eigenvalue weighted by Gasteiger charge is 2.28. The number of nitrogens with zero attached hydrogens (tertiary/aromatic N) is 2. The number of hydrogen-bond acceptors (Lipinski definition) is 5. The molecule has 2 heterocycles. The van der Waals surface area contributed by atoms with E-state index in [2.05, 4.69) is 53.4 Å². The highest BCUT2D eigenvalue weighted by molar-refractivity contribution is 8.04. The molecule has 3 aromatic rings. The second kappa shape index (κ2) is 7.26. The number of allylic oxidation sites excluding steroid dienone is 2. The molecule has 0 bridgehead atoms. The minimum absolute atomic E-state index is 0.422. The minimum atomic E-state index is -0.422. The molecule has 0 radical (unpaired) electrons. The third-order valence-corrected chi connectivity index (χ3v) is 6.27. The fourth-order valence-corrected chi connectivity index (χ4v) is 4.93. The van der Waals surface area contributed by atoms with Gasteiger partial charge >= 0.3 is 5.97 Å². The van der Waals surface area contributed by atoms with Crippen molar-refractivity contribution in [1.29, 1.82) is 0 Å². The summed E-state index contributed by atoms with van der Waals surface area (Å²) in [5, 5.41) is 7.54. The van der Waals surface area contributed by atoms with Gasteiger partial charge in [-0.1, -0.05) is 77.6 Å². The second-order valence-corrected chi connectivity index (χ2v) is 7.78. The summed E-state index contributed by atoms with van der Waals surface area (Å²) in [6.07, 6.45) is 3.81. The molecule has 0 spiro atoms. The third kappa shape index (κ3) is 3.04. The largest absolute Gasteiger partial charge is 0.368 e. The van der Waals surface area contributed by atoms with E-state index in [1.165, 1.54) is 21.4 Å². The quantitative estimate of drug-likeness (QED) is 0.431. The van der Waals surface area contributed by atoms with Crippen molar-refractivity contribution in [2.75, 3.05) is 11.4 Å². The Kier molecular flexibility index (Phi) is 4.45. The van der Waals surface area contributed by atoms with Crippen LogP contribution in [0.5, 0.6) is 0 Å². The van der Waals surface area contributed by atoms with E-state index in [0.717, 1.165) is 17.1 Å². The number of rotatable bonds is 3. The van der Waals surface area contributed by atoms with Gasteiger partial charge in [-0.15, -0.1) is 0 Å². The number of oxime groups is 1. The molecule has 0 N–H and O–H groups in total. The van der Waals surface area contributed by atoms with Gasteiger partial charge in [-0.3, -0.25) is 0 Å². The maximum Gasteiger partial charge on any atom is 0.368 e. The predicted octanol–water partition coefficient (Wildman–Crippen LogP) is 5.50. The van der Waals surface area contributed by atoms with Crippen molar-refractivity contribution in [2.45, 2.75) is 11.8 Å². The van der Waals surface area contributed by atoms with Gasteiger partial charge in [0.15, 0.2) is 0 Å². The lowest BCUT2D eigenvalue weighted by molar-refractivity contribution is -0.136. The van der Waals surface area contributed by atoms with Crippen LogP contribution in [-0.4, -0.2) is 18.2 Å². The Morgan fingerprint density at radius 2 is 1.79 bits per heavy atom. The van der Waals surface area contributed by atoms with E-state index in [4.69, 9.17) is 4.84 Å². The summed E-state index contributed by atoms with van der Waals surface area (Å²) >= 11 is 1.73. The van der Waals surface area contributed by atoms with Crippen molar-refractivity contribution >= 4 is 39.9 Å². The molecule has 0 aromatic heterocycles. The molecular weight excluding hydrogens is 380 g/mol. The van der Waals surface area contributed by atoms with Crippen LogP contribution in [0.3, 0.4) is 0 Å². The summed E-state index contributed by atoms with van der Waals surface area (Å²) in [4.78, 5) is 20.7. The average molecular weight is 398 g/mol. The Morgan fingerprint density at radius 1 is 1.00 bits per heavy atom. The molecule has 0 saturated heterocycles. The molecule has 5 rings (SSSR count). The van der Waals surface area contributed by atoms with Crippen molar-refractivity contribution in [3.05, 3.63) is 95.0 Å². The zero-order valence-electron chi connectivity index (χ0n) is 15.8. The van der Waals surface area contributed by atoms with Crippen LogP contribution in [0.1, 0.15) is 12.5 Å². The van der Waals surface area contributed by atoms with Gasteiger partial charge in [0.1, 0.15) is 5.71 Å². The topological polar surface area (TPSA) is 41.9 Å². The summed E-state index contributed by atoms with van der Waals surface area (Å²) in [6.45, 7) is 2.98. The third-order valence-electron chi connectivity index (χ3n) is 5.07. The van der Waals surface area contributed by atoms with Crippen LogP contribution >= 0.6 is 11.8 Å². The predicted molar refractivity (Wildman–Crippen MR) is 118 cm³/mol. The molecule has 5 heteroatoms. The van der Waals surface area contributed by atoms with Crippen LogP contribution < -0.4 is 4.90 Å². The van der Waals surface area contributed by atoms with Gasteiger partial charge in [0.2, 0.25) is 0 Å². The highest BCUT2D eigenvalue weighted by atomic mass is 32.2. The minimum Gasteiger partial charge on any atom is -0.335 e. The van der Waals surface area contributed by atoms with E-state index in [0.29, 0.717) is 11.3 Å². The lowest BCUT2D eigenvalue weighted by atomic mass is 10.0. The second-order valence-electron chi connectivity index (χ2n) is 6.75. The van der Waals surface area contributed by atoms with Crippen LogP contribution in [-0.2, 0) is 9.63 Å². The van der Waals surface area contributed by atoms with Gasteiger partial charge < -0.3 is 9.74 Å². The molecule has 0 atom stereocenters. The molecule has 0 amide bonds. The van der Waals surface area contributed by atoms with Crippen molar-refractivity contribution in [3.8, 4) is 0 Å². The Bertz CT molecular complexity index is 1210. The summed E-state index contributed by atoms with van der Waals surface area (Å²) in [6, 6.07) is 22.4. The molecule has 142 valence electrons. The standard InChI is InChI=1S/C24H18N2O2S/c1-2-26-20-14-12-16-8-6-7-11-18(16)23(20)29-21(26)15-13-19-22(25-28-24(19)27)17-9-4-3-5-10-17/h3-15H,2H2,1H3/b19-13-,21-15-. The molecule has 2 aliphatic rings. The number of carbonyl (C=O) groups is 1. The monoisotopic (exact) mass is 398 g/mol. The molecule has 0 fully saturated rings. The van der Waals surface area contributed by atoms with Crippen LogP contribution in [0.2, 0.25) is 0 Å². The van der Waals surface area contributed by atoms with E-state index in [-0.39, 0.29) is 0 Å². The lowest BCUT2D eigenvalue weighted by Crippen LogP contribution is -2.16. The molecule has 0 aliphatic carbocycles. The summed E-state index contributed by atoms with van der Waals surface area (Å²) in [7, 11) is 0. The number of benzene rings is 3. The zero-order valence-corrected chi connectivity index (χ0v) is 16.6. The van der Waals surface area contributed by atoms with Crippen LogP contribution in [0.4, 0.5) is 5.69 Å². The van der Waals surface area contributed by atoms with Crippen molar-refractivity contribution in [2.24, 2.45) is 5.16 Å². The Balaban J connectivity index is 1.54. The van der Waals surface area contributed by atoms with E-state index >= 15 is 0 Å². The van der Waals surface area contributed by atoms with E-state index in [9.17, 15) is 4.79 Å². The van der Waals surface area contributed by atoms with Crippen molar-refractivity contribution in [1.82, 2.24) is 0 Å². The van der Waals surface area contributed by atoms with E-state index in [1.807, 2.05) is 42.5 Å². The first-order valence-electron chi connectivity index (χ1n) is 9.50. The van der Waals surface area contributed by atoms with Gasteiger partial charge in [0.25, 0.3) is 0 Å².